The summed E-state index contributed by atoms with van der Waals surface area (Å²) >= 11 is 7.50. The minimum absolute atomic E-state index is 0.796. The van der Waals surface area contributed by atoms with Crippen molar-refractivity contribution in [1.29, 1.82) is 0 Å². The molecule has 1 N–H and O–H groups in total. The first-order chi connectivity index (χ1) is 7.15. The average molecular weight is 242 g/mol. The van der Waals surface area contributed by atoms with Crippen molar-refractivity contribution in [2.45, 2.75) is 13.5 Å². The first-order valence-corrected chi connectivity index (χ1v) is 5.88. The summed E-state index contributed by atoms with van der Waals surface area (Å²) in [5.74, 6) is 0. The number of thiophene rings is 1. The highest BCUT2D eigenvalue weighted by Crippen LogP contribution is 2.20. The molecule has 0 atom stereocenters. The van der Waals surface area contributed by atoms with Crippen LogP contribution in [0.2, 0.25) is 5.02 Å². The standard InChI is InChI=1S/C10H12ClN3S/c1-7-10(5-14(2)13-7)12-4-9-3-8(11)6-15-9/h3,5-6,12H,4H2,1-2H3. The Morgan fingerprint density at radius 2 is 2.40 bits per heavy atom. The first kappa shape index (κ1) is 10.5. The number of nitrogens with zero attached hydrogens (tertiary/aromatic N) is 2. The van der Waals surface area contributed by atoms with Gasteiger partial charge < -0.3 is 5.32 Å². The minimum Gasteiger partial charge on any atom is -0.377 e. The van der Waals surface area contributed by atoms with Gasteiger partial charge in [-0.15, -0.1) is 11.3 Å². The van der Waals surface area contributed by atoms with E-state index in [1.54, 1.807) is 16.0 Å². The molecule has 15 heavy (non-hydrogen) atoms. The maximum atomic E-state index is 5.84. The molecule has 0 saturated carbocycles. The van der Waals surface area contributed by atoms with Gasteiger partial charge in [0.2, 0.25) is 0 Å². The molecule has 80 valence electrons. The Morgan fingerprint density at radius 3 is 2.93 bits per heavy atom. The number of hydrogen-bond donors (Lipinski definition) is 1. The second kappa shape index (κ2) is 4.24. The monoisotopic (exact) mass is 241 g/mol. The molecule has 0 spiro atoms. The van der Waals surface area contributed by atoms with Crippen molar-refractivity contribution in [1.82, 2.24) is 9.78 Å². The van der Waals surface area contributed by atoms with E-state index in [1.165, 1.54) is 4.88 Å². The molecule has 2 heterocycles. The molecule has 5 heteroatoms. The molecule has 2 aromatic rings. The Morgan fingerprint density at radius 1 is 1.60 bits per heavy atom. The van der Waals surface area contributed by atoms with Crippen molar-refractivity contribution in [3.8, 4) is 0 Å². The predicted octanol–water partition coefficient (Wildman–Crippen LogP) is 3.06. The molecule has 0 radical (unpaired) electrons. The quantitative estimate of drug-likeness (QED) is 0.895. The highest BCUT2D eigenvalue weighted by molar-refractivity contribution is 7.10. The maximum absolute atomic E-state index is 5.84. The molecule has 0 fully saturated rings. The summed E-state index contributed by atoms with van der Waals surface area (Å²) in [6.45, 7) is 2.79. The van der Waals surface area contributed by atoms with Crippen molar-refractivity contribution >= 4 is 28.6 Å². The topological polar surface area (TPSA) is 29.9 Å². The molecule has 0 aliphatic heterocycles. The normalized spacial score (nSPS) is 10.6. The number of aryl methyl sites for hydroxylation is 2. The lowest BCUT2D eigenvalue weighted by atomic mass is 10.4. The maximum Gasteiger partial charge on any atom is 0.0825 e. The fraction of sp³-hybridized carbons (Fsp3) is 0.300. The predicted molar refractivity (Wildman–Crippen MR) is 64.6 cm³/mol. The summed E-state index contributed by atoms with van der Waals surface area (Å²) in [5, 5.41) is 10.3. The number of aromatic nitrogens is 2. The van der Waals surface area contributed by atoms with Gasteiger partial charge in [0.15, 0.2) is 0 Å². The summed E-state index contributed by atoms with van der Waals surface area (Å²) in [7, 11) is 1.92. The van der Waals surface area contributed by atoms with Crippen LogP contribution < -0.4 is 5.32 Å². The molecule has 3 nitrogen and oxygen atoms in total. The zero-order valence-corrected chi connectivity index (χ0v) is 10.2. The van der Waals surface area contributed by atoms with Gasteiger partial charge in [0.1, 0.15) is 0 Å². The lowest BCUT2D eigenvalue weighted by Gasteiger charge is -2.01. The van der Waals surface area contributed by atoms with E-state index in [0.29, 0.717) is 0 Å². The second-order valence-electron chi connectivity index (χ2n) is 3.39. The van der Waals surface area contributed by atoms with E-state index in [0.717, 1.165) is 22.9 Å². The molecular weight excluding hydrogens is 230 g/mol. The SMILES string of the molecule is Cc1nn(C)cc1NCc1cc(Cl)cs1. The van der Waals surface area contributed by atoms with E-state index < -0.39 is 0 Å². The van der Waals surface area contributed by atoms with Crippen molar-refractivity contribution < 1.29 is 0 Å². The largest absolute Gasteiger partial charge is 0.377 e. The van der Waals surface area contributed by atoms with Gasteiger partial charge >= 0.3 is 0 Å². The van der Waals surface area contributed by atoms with E-state index >= 15 is 0 Å². The van der Waals surface area contributed by atoms with Gasteiger partial charge in [0, 0.05) is 30.0 Å². The van der Waals surface area contributed by atoms with Crippen LogP contribution in [0.1, 0.15) is 10.6 Å². The van der Waals surface area contributed by atoms with Gasteiger partial charge in [-0.05, 0) is 13.0 Å². The van der Waals surface area contributed by atoms with Gasteiger partial charge in [-0.3, -0.25) is 4.68 Å². The van der Waals surface area contributed by atoms with Gasteiger partial charge in [-0.1, -0.05) is 11.6 Å². The van der Waals surface area contributed by atoms with Gasteiger partial charge in [0.25, 0.3) is 0 Å². The molecule has 0 aliphatic rings. The lowest BCUT2D eigenvalue weighted by Crippen LogP contribution is -1.97. The van der Waals surface area contributed by atoms with Crippen LogP contribution in [0.5, 0.6) is 0 Å². The zero-order valence-electron chi connectivity index (χ0n) is 8.62. The Hall–Kier alpha value is -1.000. The summed E-state index contributed by atoms with van der Waals surface area (Å²) in [4.78, 5) is 1.23. The molecule has 0 bridgehead atoms. The summed E-state index contributed by atoms with van der Waals surface area (Å²) in [6.07, 6.45) is 1.98. The van der Waals surface area contributed by atoms with Crippen molar-refractivity contribution in [2.75, 3.05) is 5.32 Å². The fourth-order valence-electron chi connectivity index (χ4n) is 1.40. The Balaban J connectivity index is 2.01. The highest BCUT2D eigenvalue weighted by atomic mass is 35.5. The van der Waals surface area contributed by atoms with Gasteiger partial charge in [-0.2, -0.15) is 5.10 Å². The highest BCUT2D eigenvalue weighted by Gasteiger charge is 2.03. The lowest BCUT2D eigenvalue weighted by molar-refractivity contribution is 0.756. The fourth-order valence-corrected chi connectivity index (χ4v) is 2.41. The molecule has 0 saturated heterocycles. The molecule has 0 aliphatic carbocycles. The summed E-state index contributed by atoms with van der Waals surface area (Å²) in [6, 6.07) is 1.98. The molecule has 0 amide bonds. The van der Waals surface area contributed by atoms with Gasteiger partial charge in [-0.25, -0.2) is 0 Å². The van der Waals surface area contributed by atoms with Crippen LogP contribution >= 0.6 is 22.9 Å². The van der Waals surface area contributed by atoms with E-state index in [9.17, 15) is 0 Å². The number of anilines is 1. The van der Waals surface area contributed by atoms with Crippen molar-refractivity contribution in [3.05, 3.63) is 33.2 Å². The second-order valence-corrected chi connectivity index (χ2v) is 4.82. The smallest absolute Gasteiger partial charge is 0.0825 e. The van der Waals surface area contributed by atoms with E-state index in [2.05, 4.69) is 10.4 Å². The van der Waals surface area contributed by atoms with E-state index in [4.69, 9.17) is 11.6 Å². The third-order valence-corrected chi connectivity index (χ3v) is 3.37. The Bertz CT molecular complexity index is 461. The number of hydrogen-bond acceptors (Lipinski definition) is 3. The van der Waals surface area contributed by atoms with Crippen LogP contribution in [0.3, 0.4) is 0 Å². The number of rotatable bonds is 3. The summed E-state index contributed by atoms with van der Waals surface area (Å²) in [5.41, 5.74) is 2.09. The van der Waals surface area contributed by atoms with Crippen LogP contribution in [0.15, 0.2) is 17.6 Å². The number of nitrogens with one attached hydrogen (secondary N) is 1. The minimum atomic E-state index is 0.796. The van der Waals surface area contributed by atoms with Crippen LogP contribution in [-0.4, -0.2) is 9.78 Å². The van der Waals surface area contributed by atoms with Crippen molar-refractivity contribution in [3.63, 3.8) is 0 Å². The average Bonchev–Trinajstić information content (AvgIpc) is 2.70. The van der Waals surface area contributed by atoms with E-state index in [-0.39, 0.29) is 0 Å². The molecular formula is C10H12ClN3S. The van der Waals surface area contributed by atoms with Crippen LogP contribution in [0, 0.1) is 6.92 Å². The third kappa shape index (κ3) is 2.52. The third-order valence-electron chi connectivity index (χ3n) is 2.09. The Labute approximate surface area is 97.7 Å². The van der Waals surface area contributed by atoms with Crippen LogP contribution in [-0.2, 0) is 13.6 Å². The molecule has 0 aromatic carbocycles. The molecule has 2 aromatic heterocycles. The Kier molecular flexibility index (Phi) is 2.98. The van der Waals surface area contributed by atoms with Crippen molar-refractivity contribution in [2.24, 2.45) is 7.05 Å². The first-order valence-electron chi connectivity index (χ1n) is 4.62. The number of halogens is 1. The molecule has 2 rings (SSSR count). The zero-order chi connectivity index (χ0) is 10.8. The molecule has 0 unspecified atom stereocenters. The van der Waals surface area contributed by atoms with E-state index in [1.807, 2.05) is 31.6 Å². The van der Waals surface area contributed by atoms with Gasteiger partial charge in [0.05, 0.1) is 16.4 Å². The summed E-state index contributed by atoms with van der Waals surface area (Å²) < 4.78 is 1.80. The van der Waals surface area contributed by atoms with Crippen LogP contribution in [0.25, 0.3) is 0 Å². The van der Waals surface area contributed by atoms with Crippen LogP contribution in [0.4, 0.5) is 5.69 Å².